The van der Waals surface area contributed by atoms with Crippen molar-refractivity contribution in [3.63, 3.8) is 0 Å². The van der Waals surface area contributed by atoms with Crippen molar-refractivity contribution in [1.29, 1.82) is 0 Å². The molecule has 0 amide bonds. The molecule has 144 valence electrons. The molecule has 0 saturated heterocycles. The standard InChI is InChI=1S/C17H36O4Si4/c1-13-22(5,6)18-17(19-23(7,8)14-2,20-24(9,10)15-3)21-25(11,12)16-4/h13-16H,1-4H2,5-12H3. The molecule has 0 aromatic heterocycles. The summed E-state index contributed by atoms with van der Waals surface area (Å²) in [5.41, 5.74) is 7.35. The van der Waals surface area contributed by atoms with Crippen LogP contribution in [-0.2, 0) is 17.7 Å². The van der Waals surface area contributed by atoms with Gasteiger partial charge in [-0.1, -0.05) is 22.8 Å². The van der Waals surface area contributed by atoms with E-state index in [1.807, 2.05) is 75.2 Å². The Kier molecular flexibility index (Phi) is 8.46. The number of rotatable bonds is 12. The van der Waals surface area contributed by atoms with Gasteiger partial charge >= 0.3 is 6.16 Å². The maximum Gasteiger partial charge on any atom is 0.374 e. The van der Waals surface area contributed by atoms with Crippen LogP contribution in [0.4, 0.5) is 0 Å². The minimum atomic E-state index is -2.30. The third-order valence-corrected chi connectivity index (χ3v) is 10.6. The van der Waals surface area contributed by atoms with E-state index in [1.54, 1.807) is 0 Å². The van der Waals surface area contributed by atoms with E-state index in [-0.39, 0.29) is 0 Å². The minimum absolute atomic E-state index is 1.60. The highest BCUT2D eigenvalue weighted by Gasteiger charge is 2.50. The fourth-order valence-corrected chi connectivity index (χ4v) is 5.49. The van der Waals surface area contributed by atoms with Crippen LogP contribution in [0.2, 0.25) is 52.4 Å². The van der Waals surface area contributed by atoms with Gasteiger partial charge in [-0.2, -0.15) is 0 Å². The van der Waals surface area contributed by atoms with Crippen LogP contribution in [0.15, 0.2) is 49.1 Å². The van der Waals surface area contributed by atoms with Crippen LogP contribution in [0.5, 0.6) is 0 Å². The van der Waals surface area contributed by atoms with Gasteiger partial charge in [0.15, 0.2) is 0 Å². The Bertz CT molecular complexity index is 419. The first-order valence-electron chi connectivity index (χ1n) is 8.42. The van der Waals surface area contributed by atoms with Crippen molar-refractivity contribution in [2.45, 2.75) is 58.5 Å². The van der Waals surface area contributed by atoms with Gasteiger partial charge in [0.05, 0.1) is 0 Å². The van der Waals surface area contributed by atoms with Crippen LogP contribution >= 0.6 is 0 Å². The lowest BCUT2D eigenvalue weighted by Crippen LogP contribution is -2.61. The van der Waals surface area contributed by atoms with Gasteiger partial charge in [-0.05, 0) is 52.4 Å². The summed E-state index contributed by atoms with van der Waals surface area (Å²) in [6.45, 7) is 31.8. The van der Waals surface area contributed by atoms with Crippen LogP contribution in [0.3, 0.4) is 0 Å². The lowest BCUT2D eigenvalue weighted by molar-refractivity contribution is -0.386. The van der Waals surface area contributed by atoms with Gasteiger partial charge in [-0.3, -0.25) is 0 Å². The van der Waals surface area contributed by atoms with Crippen molar-refractivity contribution >= 4 is 33.3 Å². The van der Waals surface area contributed by atoms with E-state index in [9.17, 15) is 0 Å². The highest BCUT2D eigenvalue weighted by molar-refractivity contribution is 6.79. The van der Waals surface area contributed by atoms with E-state index < -0.39 is 39.4 Å². The molecular weight excluding hydrogens is 381 g/mol. The summed E-state index contributed by atoms with van der Waals surface area (Å²) in [6, 6.07) is 0. The summed E-state index contributed by atoms with van der Waals surface area (Å²) in [7, 11) is -9.19. The summed E-state index contributed by atoms with van der Waals surface area (Å²) in [5.74, 6) is 0. The Balaban J connectivity index is 6.26. The molecule has 0 aliphatic heterocycles. The van der Waals surface area contributed by atoms with Crippen molar-refractivity contribution in [3.05, 3.63) is 49.1 Å². The molecule has 0 heterocycles. The molecule has 0 aliphatic carbocycles. The van der Waals surface area contributed by atoms with Crippen LogP contribution in [-0.4, -0.2) is 39.4 Å². The molecule has 25 heavy (non-hydrogen) atoms. The molecule has 0 saturated carbocycles. The van der Waals surface area contributed by atoms with Crippen LogP contribution in [0.1, 0.15) is 0 Å². The monoisotopic (exact) mass is 416 g/mol. The van der Waals surface area contributed by atoms with Gasteiger partial charge < -0.3 is 17.7 Å². The Labute approximate surface area is 158 Å². The van der Waals surface area contributed by atoms with Gasteiger partial charge in [0.25, 0.3) is 0 Å². The van der Waals surface area contributed by atoms with E-state index in [2.05, 4.69) is 26.3 Å². The SMILES string of the molecule is C=C[Si](C)(C)OC(O[Si](C)(C)C=C)(O[Si](C)(C)C=C)O[Si](C)(C)C=C. The van der Waals surface area contributed by atoms with Crippen molar-refractivity contribution < 1.29 is 17.7 Å². The molecular formula is C17H36O4Si4. The van der Waals surface area contributed by atoms with Crippen LogP contribution in [0.25, 0.3) is 0 Å². The zero-order chi connectivity index (χ0) is 20.2. The van der Waals surface area contributed by atoms with Gasteiger partial charge in [0.2, 0.25) is 33.3 Å². The molecule has 0 radical (unpaired) electrons. The maximum absolute atomic E-state index is 6.40. The lowest BCUT2D eigenvalue weighted by Gasteiger charge is -2.46. The summed E-state index contributed by atoms with van der Waals surface area (Å²) in [6.07, 6.45) is -1.60. The van der Waals surface area contributed by atoms with Gasteiger partial charge in [-0.25, -0.2) is 0 Å². The Morgan fingerprint density at radius 2 is 0.640 bits per heavy atom. The number of hydrogen-bond acceptors (Lipinski definition) is 4. The Morgan fingerprint density at radius 1 is 0.480 bits per heavy atom. The highest BCUT2D eigenvalue weighted by atomic mass is 28.4. The first-order chi connectivity index (χ1) is 11.1. The molecule has 0 unspecified atom stereocenters. The average molecular weight is 417 g/mol. The third kappa shape index (κ3) is 8.73. The summed E-state index contributed by atoms with van der Waals surface area (Å²) in [5, 5.41) is 0. The molecule has 0 aliphatic rings. The second-order valence-electron chi connectivity index (χ2n) is 8.14. The van der Waals surface area contributed by atoms with Gasteiger partial charge in [0, 0.05) is 0 Å². The van der Waals surface area contributed by atoms with E-state index in [0.717, 1.165) is 0 Å². The first-order valence-corrected chi connectivity index (χ1v) is 20.4. The maximum atomic E-state index is 6.40. The van der Waals surface area contributed by atoms with E-state index in [4.69, 9.17) is 17.7 Å². The third-order valence-electron chi connectivity index (χ3n) is 3.52. The fraction of sp³-hybridized carbons (Fsp3) is 0.529. The van der Waals surface area contributed by atoms with E-state index >= 15 is 0 Å². The van der Waals surface area contributed by atoms with E-state index in [0.29, 0.717) is 0 Å². The zero-order valence-corrected chi connectivity index (χ0v) is 21.3. The molecule has 0 atom stereocenters. The number of hydrogen-bond donors (Lipinski definition) is 0. The van der Waals surface area contributed by atoms with Crippen molar-refractivity contribution in [2.24, 2.45) is 0 Å². The molecule has 0 aromatic rings. The Hall–Kier alpha value is -0.332. The molecule has 8 heteroatoms. The summed E-state index contributed by atoms with van der Waals surface area (Å²) < 4.78 is 25.6. The zero-order valence-electron chi connectivity index (χ0n) is 17.3. The molecule has 0 rings (SSSR count). The van der Waals surface area contributed by atoms with Crippen molar-refractivity contribution in [2.75, 3.05) is 0 Å². The average Bonchev–Trinajstić information content (AvgIpc) is 2.45. The summed E-state index contributed by atoms with van der Waals surface area (Å²) in [4.78, 5) is 0. The Morgan fingerprint density at radius 3 is 0.760 bits per heavy atom. The highest BCUT2D eigenvalue weighted by Crippen LogP contribution is 2.34. The smallest absolute Gasteiger partial charge is 0.344 e. The quantitative estimate of drug-likeness (QED) is 0.316. The molecule has 0 N–H and O–H groups in total. The lowest BCUT2D eigenvalue weighted by atomic mass is 11.2. The van der Waals surface area contributed by atoms with Crippen molar-refractivity contribution in [3.8, 4) is 0 Å². The minimum Gasteiger partial charge on any atom is -0.344 e. The molecule has 0 aromatic carbocycles. The molecule has 4 nitrogen and oxygen atoms in total. The topological polar surface area (TPSA) is 36.9 Å². The fourth-order valence-electron chi connectivity index (χ4n) is 1.58. The second kappa shape index (κ2) is 8.57. The van der Waals surface area contributed by atoms with Crippen molar-refractivity contribution in [1.82, 2.24) is 0 Å². The largest absolute Gasteiger partial charge is 0.374 e. The van der Waals surface area contributed by atoms with Crippen LogP contribution in [0, 0.1) is 0 Å². The summed E-state index contributed by atoms with van der Waals surface area (Å²) >= 11 is 0. The second-order valence-corrected chi connectivity index (χ2v) is 23.4. The first kappa shape index (κ1) is 24.7. The molecule has 0 bridgehead atoms. The predicted octanol–water partition coefficient (Wildman–Crippen LogP) is 5.39. The van der Waals surface area contributed by atoms with Gasteiger partial charge in [0.1, 0.15) is 0 Å². The molecule has 0 fully saturated rings. The normalized spacial score (nSPS) is 14.1. The van der Waals surface area contributed by atoms with Crippen LogP contribution < -0.4 is 0 Å². The molecule has 0 spiro atoms. The van der Waals surface area contributed by atoms with Gasteiger partial charge in [-0.15, -0.1) is 26.3 Å². The van der Waals surface area contributed by atoms with E-state index in [1.165, 1.54) is 0 Å². The predicted molar refractivity (Wildman–Crippen MR) is 118 cm³/mol.